The third-order valence-electron chi connectivity index (χ3n) is 1.83. The molecule has 0 aliphatic heterocycles. The third-order valence-corrected chi connectivity index (χ3v) is 2.81. The zero-order valence-electron chi connectivity index (χ0n) is 7.21. The molecule has 0 fully saturated rings. The van der Waals surface area contributed by atoms with Crippen molar-refractivity contribution in [2.75, 3.05) is 0 Å². The fraction of sp³-hybridized carbons (Fsp3) is 0.222. The van der Waals surface area contributed by atoms with Crippen molar-refractivity contribution in [2.24, 2.45) is 0 Å². The Morgan fingerprint density at radius 2 is 2.43 bits per heavy atom. The molecule has 0 aliphatic carbocycles. The minimum absolute atomic E-state index is 0.0983. The van der Waals surface area contributed by atoms with Gasteiger partial charge in [-0.1, -0.05) is 15.9 Å². The lowest BCUT2D eigenvalue weighted by molar-refractivity contribution is 0.507. The molecule has 2 heterocycles. The van der Waals surface area contributed by atoms with Crippen LogP contribution in [-0.4, -0.2) is 9.97 Å². The third kappa shape index (κ3) is 2.19. The SMILES string of the molecule is Clc1ccc(C(Br)Cc2ncc[nH]2)o1. The maximum atomic E-state index is 5.68. The van der Waals surface area contributed by atoms with Gasteiger partial charge in [0.25, 0.3) is 0 Å². The second-order valence-electron chi connectivity index (χ2n) is 2.85. The van der Waals surface area contributed by atoms with Gasteiger partial charge in [-0.05, 0) is 23.7 Å². The van der Waals surface area contributed by atoms with E-state index in [-0.39, 0.29) is 4.83 Å². The zero-order chi connectivity index (χ0) is 9.97. The molecule has 14 heavy (non-hydrogen) atoms. The molecule has 0 aliphatic rings. The zero-order valence-corrected chi connectivity index (χ0v) is 9.55. The first-order valence-corrected chi connectivity index (χ1v) is 5.42. The predicted molar refractivity (Wildman–Crippen MR) is 57.7 cm³/mol. The molecule has 74 valence electrons. The van der Waals surface area contributed by atoms with Crippen LogP contribution in [0, 0.1) is 0 Å². The number of aromatic amines is 1. The fourth-order valence-electron chi connectivity index (χ4n) is 1.18. The minimum atomic E-state index is 0.0983. The summed E-state index contributed by atoms with van der Waals surface area (Å²) in [7, 11) is 0. The number of nitrogens with zero attached hydrogens (tertiary/aromatic N) is 1. The quantitative estimate of drug-likeness (QED) is 0.873. The molecule has 0 spiro atoms. The lowest BCUT2D eigenvalue weighted by Crippen LogP contribution is -1.95. The molecule has 1 N–H and O–H groups in total. The van der Waals surface area contributed by atoms with Gasteiger partial charge in [0.1, 0.15) is 11.6 Å². The number of nitrogens with one attached hydrogen (secondary N) is 1. The van der Waals surface area contributed by atoms with Crippen LogP contribution in [0.1, 0.15) is 16.4 Å². The van der Waals surface area contributed by atoms with Crippen LogP contribution >= 0.6 is 27.5 Å². The van der Waals surface area contributed by atoms with Crippen LogP contribution in [0.3, 0.4) is 0 Å². The predicted octanol–water partition coefficient (Wildman–Crippen LogP) is 3.33. The van der Waals surface area contributed by atoms with E-state index in [1.165, 1.54) is 0 Å². The molecule has 1 atom stereocenters. The van der Waals surface area contributed by atoms with E-state index in [1.54, 1.807) is 18.5 Å². The molecule has 2 rings (SSSR count). The Hall–Kier alpha value is -0.740. The van der Waals surface area contributed by atoms with Gasteiger partial charge in [0.15, 0.2) is 5.22 Å². The van der Waals surface area contributed by atoms with E-state index in [1.807, 2.05) is 6.07 Å². The summed E-state index contributed by atoms with van der Waals surface area (Å²) in [5.41, 5.74) is 0. The Bertz CT molecular complexity index is 399. The highest BCUT2D eigenvalue weighted by Crippen LogP contribution is 2.28. The largest absolute Gasteiger partial charge is 0.449 e. The van der Waals surface area contributed by atoms with Crippen molar-refractivity contribution in [3.8, 4) is 0 Å². The molecule has 0 radical (unpaired) electrons. The maximum Gasteiger partial charge on any atom is 0.193 e. The summed E-state index contributed by atoms with van der Waals surface area (Å²) < 4.78 is 5.27. The Kier molecular flexibility index (Phi) is 2.93. The van der Waals surface area contributed by atoms with Gasteiger partial charge in [-0.25, -0.2) is 4.98 Å². The number of hydrogen-bond donors (Lipinski definition) is 1. The van der Waals surface area contributed by atoms with Crippen molar-refractivity contribution in [2.45, 2.75) is 11.2 Å². The van der Waals surface area contributed by atoms with Crippen molar-refractivity contribution >= 4 is 27.5 Å². The standard InChI is InChI=1S/C9H8BrClN2O/c10-6(5-9-12-3-4-13-9)7-1-2-8(11)14-7/h1-4,6H,5H2,(H,12,13). The van der Waals surface area contributed by atoms with E-state index in [9.17, 15) is 0 Å². The molecule has 2 aromatic heterocycles. The van der Waals surface area contributed by atoms with Gasteiger partial charge in [0.2, 0.25) is 0 Å². The number of aromatic nitrogens is 2. The number of alkyl halides is 1. The van der Waals surface area contributed by atoms with Crippen LogP contribution in [-0.2, 0) is 6.42 Å². The molecule has 1 unspecified atom stereocenters. The van der Waals surface area contributed by atoms with Crippen LogP contribution in [0.2, 0.25) is 5.22 Å². The second-order valence-corrected chi connectivity index (χ2v) is 4.33. The van der Waals surface area contributed by atoms with Gasteiger partial charge in [0.05, 0.1) is 4.83 Å². The van der Waals surface area contributed by atoms with Gasteiger partial charge in [0, 0.05) is 18.8 Å². The highest BCUT2D eigenvalue weighted by Gasteiger charge is 2.13. The summed E-state index contributed by atoms with van der Waals surface area (Å²) in [6, 6.07) is 3.58. The summed E-state index contributed by atoms with van der Waals surface area (Å²) >= 11 is 9.18. The summed E-state index contributed by atoms with van der Waals surface area (Å²) in [6.07, 6.45) is 4.27. The van der Waals surface area contributed by atoms with E-state index in [2.05, 4.69) is 25.9 Å². The van der Waals surface area contributed by atoms with Crippen molar-refractivity contribution < 1.29 is 4.42 Å². The summed E-state index contributed by atoms with van der Waals surface area (Å²) in [5.74, 6) is 1.73. The Morgan fingerprint density at radius 1 is 1.57 bits per heavy atom. The fourth-order valence-corrected chi connectivity index (χ4v) is 1.88. The van der Waals surface area contributed by atoms with Crippen molar-refractivity contribution in [1.29, 1.82) is 0 Å². The molecular weight excluding hydrogens is 267 g/mol. The molecule has 5 heteroatoms. The van der Waals surface area contributed by atoms with Crippen LogP contribution in [0.25, 0.3) is 0 Å². The smallest absolute Gasteiger partial charge is 0.193 e. The van der Waals surface area contributed by atoms with E-state index in [4.69, 9.17) is 16.0 Å². The van der Waals surface area contributed by atoms with E-state index in [0.29, 0.717) is 5.22 Å². The first kappa shape index (κ1) is 9.80. The van der Waals surface area contributed by atoms with Crippen LogP contribution in [0.5, 0.6) is 0 Å². The topological polar surface area (TPSA) is 41.8 Å². The van der Waals surface area contributed by atoms with Gasteiger partial charge in [-0.2, -0.15) is 0 Å². The van der Waals surface area contributed by atoms with E-state index in [0.717, 1.165) is 18.0 Å². The van der Waals surface area contributed by atoms with Crippen molar-refractivity contribution in [1.82, 2.24) is 9.97 Å². The molecule has 2 aromatic rings. The summed E-state index contributed by atoms with van der Waals surface area (Å²) in [6.45, 7) is 0. The van der Waals surface area contributed by atoms with Crippen LogP contribution in [0.4, 0.5) is 0 Å². The number of halogens is 2. The van der Waals surface area contributed by atoms with Gasteiger partial charge >= 0.3 is 0 Å². The van der Waals surface area contributed by atoms with Gasteiger partial charge in [-0.15, -0.1) is 0 Å². The maximum absolute atomic E-state index is 5.68. The Labute approximate surface area is 94.6 Å². The molecular formula is C9H8BrClN2O. The first-order valence-electron chi connectivity index (χ1n) is 4.13. The number of furan rings is 1. The van der Waals surface area contributed by atoms with Gasteiger partial charge < -0.3 is 9.40 Å². The monoisotopic (exact) mass is 274 g/mol. The Morgan fingerprint density at radius 3 is 3.00 bits per heavy atom. The molecule has 0 saturated heterocycles. The number of hydrogen-bond acceptors (Lipinski definition) is 2. The van der Waals surface area contributed by atoms with Crippen LogP contribution in [0.15, 0.2) is 28.9 Å². The summed E-state index contributed by atoms with van der Waals surface area (Å²) in [5, 5.41) is 0.406. The average molecular weight is 276 g/mol. The molecule has 0 bridgehead atoms. The highest BCUT2D eigenvalue weighted by molar-refractivity contribution is 9.09. The number of H-pyrrole nitrogens is 1. The molecule has 0 aromatic carbocycles. The number of imidazole rings is 1. The van der Waals surface area contributed by atoms with Crippen LogP contribution < -0.4 is 0 Å². The summed E-state index contributed by atoms with van der Waals surface area (Å²) in [4.78, 5) is 7.26. The Balaban J connectivity index is 2.06. The van der Waals surface area contributed by atoms with Crippen molar-refractivity contribution in [3.05, 3.63) is 41.3 Å². The van der Waals surface area contributed by atoms with E-state index >= 15 is 0 Å². The molecule has 0 saturated carbocycles. The lowest BCUT2D eigenvalue weighted by Gasteiger charge is -2.03. The second kappa shape index (κ2) is 4.19. The lowest BCUT2D eigenvalue weighted by atomic mass is 10.2. The minimum Gasteiger partial charge on any atom is -0.449 e. The van der Waals surface area contributed by atoms with Crippen molar-refractivity contribution in [3.63, 3.8) is 0 Å². The van der Waals surface area contributed by atoms with E-state index < -0.39 is 0 Å². The average Bonchev–Trinajstić information content (AvgIpc) is 2.75. The number of rotatable bonds is 3. The molecule has 3 nitrogen and oxygen atoms in total. The van der Waals surface area contributed by atoms with Gasteiger partial charge in [-0.3, -0.25) is 0 Å². The molecule has 0 amide bonds. The normalized spacial score (nSPS) is 13.0. The first-order chi connectivity index (χ1) is 6.75. The highest BCUT2D eigenvalue weighted by atomic mass is 79.9.